The molecular weight excluding hydrogens is 449 g/mol. The SMILES string of the molecule is CN(C(=O)c1cccs1)C(Cc1ccccc1F)C1CCN(C(=O)/C=C/c2ccncc2)CC1. The van der Waals surface area contributed by atoms with E-state index in [9.17, 15) is 14.0 Å². The fourth-order valence-electron chi connectivity index (χ4n) is 4.49. The number of hydrogen-bond acceptors (Lipinski definition) is 4. The average Bonchev–Trinajstić information content (AvgIpc) is 3.42. The van der Waals surface area contributed by atoms with Gasteiger partial charge in [-0.25, -0.2) is 4.39 Å². The molecule has 1 aliphatic rings. The summed E-state index contributed by atoms with van der Waals surface area (Å²) < 4.78 is 14.5. The smallest absolute Gasteiger partial charge is 0.263 e. The summed E-state index contributed by atoms with van der Waals surface area (Å²) in [4.78, 5) is 34.1. The number of carbonyl (C=O) groups excluding carboxylic acids is 2. The molecule has 2 aromatic heterocycles. The van der Waals surface area contributed by atoms with Gasteiger partial charge in [-0.15, -0.1) is 11.3 Å². The first kappa shape index (κ1) is 23.8. The van der Waals surface area contributed by atoms with Gasteiger partial charge in [-0.05, 0) is 72.0 Å². The molecule has 1 aromatic carbocycles. The zero-order chi connectivity index (χ0) is 23.9. The number of thiophene rings is 1. The molecule has 2 amide bonds. The third-order valence-corrected chi connectivity index (χ3v) is 7.31. The van der Waals surface area contributed by atoms with E-state index in [1.54, 1.807) is 41.6 Å². The minimum atomic E-state index is -0.252. The summed E-state index contributed by atoms with van der Waals surface area (Å²) >= 11 is 1.41. The Morgan fingerprint density at radius 2 is 1.88 bits per heavy atom. The molecule has 0 aliphatic carbocycles. The van der Waals surface area contributed by atoms with Crippen molar-refractivity contribution >= 4 is 29.2 Å². The molecule has 4 rings (SSSR count). The highest BCUT2D eigenvalue weighted by Gasteiger charge is 2.33. The number of piperidine rings is 1. The molecule has 7 heteroatoms. The number of hydrogen-bond donors (Lipinski definition) is 0. The summed E-state index contributed by atoms with van der Waals surface area (Å²) in [6.45, 7) is 1.22. The van der Waals surface area contributed by atoms with Gasteiger partial charge in [0.25, 0.3) is 5.91 Å². The van der Waals surface area contributed by atoms with Crippen molar-refractivity contribution in [3.63, 3.8) is 0 Å². The number of halogens is 1. The van der Waals surface area contributed by atoms with Crippen LogP contribution >= 0.6 is 11.3 Å². The summed E-state index contributed by atoms with van der Waals surface area (Å²) in [5, 5.41) is 1.89. The minimum absolute atomic E-state index is 0.0241. The van der Waals surface area contributed by atoms with Crippen molar-refractivity contribution in [2.24, 2.45) is 5.92 Å². The first-order valence-corrected chi connectivity index (χ1v) is 12.3. The standard InChI is InChI=1S/C27H28FN3O2S/c1-30(27(33)25-7-4-18-34-25)24(19-22-5-2-3-6-23(22)28)21-12-16-31(17-13-21)26(32)9-8-20-10-14-29-15-11-20/h2-11,14-15,18,21,24H,12-13,16-17,19H2,1H3/b9-8+. The van der Waals surface area contributed by atoms with Crippen molar-refractivity contribution in [1.29, 1.82) is 0 Å². The van der Waals surface area contributed by atoms with E-state index >= 15 is 0 Å². The number of likely N-dealkylation sites (N-methyl/N-ethyl adjacent to an activating group) is 1. The molecule has 3 heterocycles. The predicted octanol–water partition coefficient (Wildman–Crippen LogP) is 4.92. The van der Waals surface area contributed by atoms with Crippen molar-refractivity contribution in [2.45, 2.75) is 25.3 Å². The third kappa shape index (κ3) is 5.78. The van der Waals surface area contributed by atoms with Crippen LogP contribution in [0.25, 0.3) is 6.08 Å². The van der Waals surface area contributed by atoms with Crippen LogP contribution in [-0.4, -0.2) is 52.8 Å². The van der Waals surface area contributed by atoms with Crippen LogP contribution < -0.4 is 0 Å². The van der Waals surface area contributed by atoms with Gasteiger partial charge >= 0.3 is 0 Å². The molecule has 0 bridgehead atoms. The van der Waals surface area contributed by atoms with Crippen molar-refractivity contribution in [2.75, 3.05) is 20.1 Å². The second kappa shape index (κ2) is 11.2. The van der Waals surface area contributed by atoms with Crippen LogP contribution in [0.4, 0.5) is 4.39 Å². The molecule has 3 aromatic rings. The van der Waals surface area contributed by atoms with Crippen LogP contribution in [0.2, 0.25) is 0 Å². The fourth-order valence-corrected chi connectivity index (χ4v) is 5.19. The maximum absolute atomic E-state index is 14.5. The van der Waals surface area contributed by atoms with E-state index in [1.807, 2.05) is 47.7 Å². The van der Waals surface area contributed by atoms with Crippen LogP contribution in [0.1, 0.15) is 33.6 Å². The summed E-state index contributed by atoms with van der Waals surface area (Å²) in [6.07, 6.45) is 8.75. The normalized spacial score (nSPS) is 15.4. The summed E-state index contributed by atoms with van der Waals surface area (Å²) in [5.41, 5.74) is 1.54. The first-order valence-electron chi connectivity index (χ1n) is 11.4. The topological polar surface area (TPSA) is 53.5 Å². The minimum Gasteiger partial charge on any atom is -0.339 e. The maximum Gasteiger partial charge on any atom is 0.263 e. The first-order chi connectivity index (χ1) is 16.5. The number of benzene rings is 1. The van der Waals surface area contributed by atoms with Gasteiger partial charge < -0.3 is 9.80 Å². The third-order valence-electron chi connectivity index (χ3n) is 6.46. The molecule has 0 radical (unpaired) electrons. The molecule has 176 valence electrons. The fraction of sp³-hybridized carbons (Fsp3) is 0.296. The zero-order valence-electron chi connectivity index (χ0n) is 19.1. The van der Waals surface area contributed by atoms with Crippen molar-refractivity contribution in [1.82, 2.24) is 14.8 Å². The van der Waals surface area contributed by atoms with Gasteiger partial charge in [0.1, 0.15) is 5.82 Å². The zero-order valence-corrected chi connectivity index (χ0v) is 20.0. The lowest BCUT2D eigenvalue weighted by Crippen LogP contribution is -2.48. The lowest BCUT2D eigenvalue weighted by molar-refractivity contribution is -0.127. The van der Waals surface area contributed by atoms with E-state index in [0.717, 1.165) is 18.4 Å². The predicted molar refractivity (Wildman–Crippen MR) is 133 cm³/mol. The summed E-state index contributed by atoms with van der Waals surface area (Å²) in [5.74, 6) is -0.154. The quantitative estimate of drug-likeness (QED) is 0.454. The number of carbonyl (C=O) groups is 2. The Bertz CT molecular complexity index is 1130. The Kier molecular flexibility index (Phi) is 7.85. The number of pyridine rings is 1. The number of likely N-dealkylation sites (tertiary alicyclic amines) is 1. The Hall–Kier alpha value is -3.32. The highest BCUT2D eigenvalue weighted by Crippen LogP contribution is 2.28. The molecule has 0 N–H and O–H groups in total. The number of nitrogens with zero attached hydrogens (tertiary/aromatic N) is 3. The molecular formula is C27H28FN3O2S. The van der Waals surface area contributed by atoms with Gasteiger partial charge in [-0.1, -0.05) is 24.3 Å². The Morgan fingerprint density at radius 3 is 2.56 bits per heavy atom. The molecule has 1 saturated heterocycles. The van der Waals surface area contributed by atoms with Crippen LogP contribution in [0, 0.1) is 11.7 Å². The van der Waals surface area contributed by atoms with E-state index in [0.29, 0.717) is 30.0 Å². The van der Waals surface area contributed by atoms with Crippen LogP contribution in [0.15, 0.2) is 72.4 Å². The van der Waals surface area contributed by atoms with Gasteiger partial charge in [-0.2, -0.15) is 0 Å². The van der Waals surface area contributed by atoms with Crippen LogP contribution in [0.5, 0.6) is 0 Å². The average molecular weight is 478 g/mol. The van der Waals surface area contributed by atoms with E-state index < -0.39 is 0 Å². The van der Waals surface area contributed by atoms with E-state index in [1.165, 1.54) is 17.4 Å². The van der Waals surface area contributed by atoms with E-state index in [-0.39, 0.29) is 29.6 Å². The molecule has 1 aliphatic heterocycles. The van der Waals surface area contributed by atoms with Crippen LogP contribution in [0.3, 0.4) is 0 Å². The summed E-state index contributed by atoms with van der Waals surface area (Å²) in [6, 6.07) is 14.0. The molecule has 1 atom stereocenters. The van der Waals surface area contributed by atoms with E-state index in [2.05, 4.69) is 4.98 Å². The lowest BCUT2D eigenvalue weighted by atomic mass is 9.84. The van der Waals surface area contributed by atoms with Gasteiger partial charge in [-0.3, -0.25) is 14.6 Å². The van der Waals surface area contributed by atoms with Gasteiger partial charge in [0, 0.05) is 44.6 Å². The van der Waals surface area contributed by atoms with E-state index in [4.69, 9.17) is 0 Å². The Morgan fingerprint density at radius 1 is 1.15 bits per heavy atom. The number of rotatable bonds is 7. The second-order valence-corrected chi connectivity index (χ2v) is 9.48. The number of aromatic nitrogens is 1. The van der Waals surface area contributed by atoms with Crippen molar-refractivity contribution < 1.29 is 14.0 Å². The summed E-state index contributed by atoms with van der Waals surface area (Å²) in [7, 11) is 1.81. The molecule has 34 heavy (non-hydrogen) atoms. The van der Waals surface area contributed by atoms with Gasteiger partial charge in [0.2, 0.25) is 5.91 Å². The largest absolute Gasteiger partial charge is 0.339 e. The highest BCUT2D eigenvalue weighted by molar-refractivity contribution is 7.12. The van der Waals surface area contributed by atoms with Crippen LogP contribution in [-0.2, 0) is 11.2 Å². The number of amides is 2. The second-order valence-electron chi connectivity index (χ2n) is 8.53. The lowest BCUT2D eigenvalue weighted by Gasteiger charge is -2.40. The van der Waals surface area contributed by atoms with Crippen molar-refractivity contribution in [3.05, 3.63) is 94.2 Å². The maximum atomic E-state index is 14.5. The van der Waals surface area contributed by atoms with Gasteiger partial charge in [0.05, 0.1) is 4.88 Å². The molecule has 1 fully saturated rings. The highest BCUT2D eigenvalue weighted by atomic mass is 32.1. The molecule has 1 unspecified atom stereocenters. The van der Waals surface area contributed by atoms with Crippen molar-refractivity contribution in [3.8, 4) is 0 Å². The Balaban J connectivity index is 1.45. The van der Waals surface area contributed by atoms with Gasteiger partial charge in [0.15, 0.2) is 0 Å². The Labute approximate surface area is 203 Å². The monoisotopic (exact) mass is 477 g/mol. The molecule has 0 saturated carbocycles. The molecule has 5 nitrogen and oxygen atoms in total. The molecule has 0 spiro atoms.